The molecule has 4 N–H and O–H groups in total. The van der Waals surface area contributed by atoms with Gasteiger partial charge < -0.3 is 35.8 Å². The maximum absolute atomic E-state index is 14.0. The molecule has 0 amide bonds. The van der Waals surface area contributed by atoms with Gasteiger partial charge in [0.2, 0.25) is 0 Å². The van der Waals surface area contributed by atoms with E-state index in [1.54, 1.807) is 25.3 Å². The maximum atomic E-state index is 14.0. The summed E-state index contributed by atoms with van der Waals surface area (Å²) in [4.78, 5) is 37.8. The van der Waals surface area contributed by atoms with Crippen LogP contribution in [0, 0.1) is 28.5 Å². The number of nitrogens with two attached hydrogens (primary N) is 1. The Bertz CT molecular complexity index is 1350. The Kier molecular flexibility index (Phi) is 15.1. The van der Waals surface area contributed by atoms with Gasteiger partial charge in [0, 0.05) is 55.5 Å². The van der Waals surface area contributed by atoms with Crippen molar-refractivity contribution >= 4 is 54.1 Å². The third-order valence-corrected chi connectivity index (χ3v) is 8.22. The van der Waals surface area contributed by atoms with Crippen molar-refractivity contribution in [3.8, 4) is 0 Å². The van der Waals surface area contributed by atoms with Gasteiger partial charge in [-0.1, -0.05) is 38.4 Å². The molecule has 246 valence electrons. The summed E-state index contributed by atoms with van der Waals surface area (Å²) in [5.74, 6) is -0.473. The molecule has 3 rings (SSSR count). The number of rotatable bonds is 13. The fourth-order valence-electron chi connectivity index (χ4n) is 5.70. The number of likely N-dealkylation sites (tertiary alicyclic amines) is 1. The highest BCUT2D eigenvalue weighted by atomic mass is 35.5. The fourth-order valence-corrected chi connectivity index (χ4v) is 5.94. The lowest BCUT2D eigenvalue weighted by Crippen LogP contribution is -2.31. The average molecular weight is 642 g/mol. The lowest BCUT2D eigenvalue weighted by molar-refractivity contribution is -0.115. The van der Waals surface area contributed by atoms with Crippen LogP contribution in [-0.2, 0) is 27.3 Å². The van der Waals surface area contributed by atoms with Crippen molar-refractivity contribution in [3.05, 3.63) is 62.9 Å². The third-order valence-electron chi connectivity index (χ3n) is 7.91. The van der Waals surface area contributed by atoms with Crippen LogP contribution in [-0.4, -0.2) is 75.7 Å². The number of carbonyl (C=O) groups is 3. The van der Waals surface area contributed by atoms with E-state index in [-0.39, 0.29) is 23.6 Å². The highest BCUT2D eigenvalue weighted by molar-refractivity contribution is 6.33. The van der Waals surface area contributed by atoms with E-state index in [1.807, 2.05) is 13.1 Å². The molecular formula is C35H49ClFN5O3. The third kappa shape index (κ3) is 11.5. The van der Waals surface area contributed by atoms with E-state index in [2.05, 4.69) is 42.9 Å². The van der Waals surface area contributed by atoms with Crippen molar-refractivity contribution in [2.45, 2.75) is 53.0 Å². The summed E-state index contributed by atoms with van der Waals surface area (Å²) >= 11 is 6.22. The molecule has 2 aromatic rings. The van der Waals surface area contributed by atoms with Crippen molar-refractivity contribution in [2.24, 2.45) is 17.3 Å². The number of halogens is 2. The molecule has 1 aliphatic rings. The van der Waals surface area contributed by atoms with Gasteiger partial charge in [-0.25, -0.2) is 4.39 Å². The minimum Gasteiger partial charge on any atom is -0.397 e. The van der Waals surface area contributed by atoms with Crippen molar-refractivity contribution in [3.63, 3.8) is 0 Å². The van der Waals surface area contributed by atoms with Crippen LogP contribution in [0.2, 0.25) is 5.02 Å². The number of piperidine rings is 1. The topological polar surface area (TPSA) is 120 Å². The zero-order chi connectivity index (χ0) is 33.7. The molecule has 1 aliphatic heterocycles. The number of carbonyl (C=O) groups excluding carboxylic acids is 3. The van der Waals surface area contributed by atoms with Crippen molar-refractivity contribution < 1.29 is 18.8 Å². The van der Waals surface area contributed by atoms with Crippen LogP contribution in [0.4, 0.5) is 15.8 Å². The fraction of sp³-hybridized carbons (Fsp3) is 0.486. The summed E-state index contributed by atoms with van der Waals surface area (Å²) in [5.41, 5.74) is 10.8. The molecule has 0 spiro atoms. The summed E-state index contributed by atoms with van der Waals surface area (Å²) in [7, 11) is 5.84. The first-order valence-corrected chi connectivity index (χ1v) is 15.6. The number of benzene rings is 2. The molecule has 1 fully saturated rings. The highest BCUT2D eigenvalue weighted by Gasteiger charge is 2.22. The quantitative estimate of drug-likeness (QED) is 0.104. The van der Waals surface area contributed by atoms with Gasteiger partial charge in [0.05, 0.1) is 10.7 Å². The Hall–Kier alpha value is -3.40. The number of hydrogen-bond donors (Lipinski definition) is 3. The standard InChI is InChI=1S/C19H28ClN3O2.C16H21FN2O/c1-19(2,3)12-23(4)10-16-14(7-13(11-25)5-6-24)8-17(20)18(22)15(16)9-21;1-18-16-5-3-4-15(17)14(16)10-13(11-20)12-6-8-19(2)9-7-12/h6,8-9,11,13,21H,5,7,10,12,22H2,1-4H3;3-5,10-12,18H,6-9H2,1-2H3/b;13-10+. The summed E-state index contributed by atoms with van der Waals surface area (Å²) in [5, 5.41) is 11.1. The molecule has 0 saturated carbocycles. The predicted molar refractivity (Wildman–Crippen MR) is 184 cm³/mol. The van der Waals surface area contributed by atoms with Gasteiger partial charge in [0.1, 0.15) is 24.7 Å². The molecule has 45 heavy (non-hydrogen) atoms. The number of anilines is 2. The van der Waals surface area contributed by atoms with E-state index in [0.29, 0.717) is 46.1 Å². The molecule has 1 atom stereocenters. The van der Waals surface area contributed by atoms with E-state index >= 15 is 0 Å². The number of allylic oxidation sites excluding steroid dienone is 1. The lowest BCUT2D eigenvalue weighted by Gasteiger charge is -2.29. The summed E-state index contributed by atoms with van der Waals surface area (Å²) < 4.78 is 14.0. The maximum Gasteiger partial charge on any atom is 0.146 e. The minimum atomic E-state index is -0.401. The van der Waals surface area contributed by atoms with Gasteiger partial charge in [0.25, 0.3) is 0 Å². The normalized spacial score (nSPS) is 15.2. The van der Waals surface area contributed by atoms with Crippen LogP contribution in [0.25, 0.3) is 6.08 Å². The van der Waals surface area contributed by atoms with E-state index in [0.717, 1.165) is 62.5 Å². The molecule has 0 bridgehead atoms. The zero-order valence-corrected chi connectivity index (χ0v) is 28.2. The predicted octanol–water partition coefficient (Wildman–Crippen LogP) is 6.14. The highest BCUT2D eigenvalue weighted by Crippen LogP contribution is 2.32. The summed E-state index contributed by atoms with van der Waals surface area (Å²) in [6, 6.07) is 6.65. The number of nitrogens with zero attached hydrogens (tertiary/aromatic N) is 2. The summed E-state index contributed by atoms with van der Waals surface area (Å²) in [6.07, 6.45) is 7.80. The smallest absolute Gasteiger partial charge is 0.146 e. The Morgan fingerprint density at radius 3 is 2.42 bits per heavy atom. The molecule has 1 heterocycles. The first kappa shape index (κ1) is 37.8. The second-order valence-corrected chi connectivity index (χ2v) is 13.4. The monoisotopic (exact) mass is 641 g/mol. The average Bonchev–Trinajstić information content (AvgIpc) is 2.98. The molecule has 10 heteroatoms. The van der Waals surface area contributed by atoms with E-state index < -0.39 is 5.92 Å². The first-order valence-electron chi connectivity index (χ1n) is 15.3. The second kappa shape index (κ2) is 17.9. The molecule has 0 radical (unpaired) electrons. The molecule has 8 nitrogen and oxygen atoms in total. The molecular weight excluding hydrogens is 593 g/mol. The Morgan fingerprint density at radius 1 is 1.22 bits per heavy atom. The Labute approximate surface area is 272 Å². The summed E-state index contributed by atoms with van der Waals surface area (Å²) in [6.45, 7) is 9.88. The number of aldehydes is 3. The van der Waals surface area contributed by atoms with E-state index in [4.69, 9.17) is 22.7 Å². The van der Waals surface area contributed by atoms with Crippen LogP contribution in [0.1, 0.15) is 62.3 Å². The van der Waals surface area contributed by atoms with Gasteiger partial charge in [-0.2, -0.15) is 0 Å². The van der Waals surface area contributed by atoms with Crippen LogP contribution in [0.15, 0.2) is 29.8 Å². The first-order chi connectivity index (χ1) is 21.3. The van der Waals surface area contributed by atoms with Gasteiger partial charge >= 0.3 is 0 Å². The molecule has 1 saturated heterocycles. The van der Waals surface area contributed by atoms with E-state index in [9.17, 15) is 18.8 Å². The van der Waals surface area contributed by atoms with Gasteiger partial charge in [0.15, 0.2) is 0 Å². The van der Waals surface area contributed by atoms with Crippen LogP contribution < -0.4 is 11.1 Å². The molecule has 0 aromatic heterocycles. The van der Waals surface area contributed by atoms with Gasteiger partial charge in [-0.05, 0) is 98.8 Å². The van der Waals surface area contributed by atoms with Crippen molar-refractivity contribution in [2.75, 3.05) is 51.8 Å². The SMILES string of the molecule is CN(Cc1c(CC(C=O)CC=O)cc(Cl)c(N)c1C=N)CC(C)(C)C.CNc1cccc(F)c1/C=C(\C=O)C1CCN(C)CC1. The Morgan fingerprint density at radius 2 is 1.89 bits per heavy atom. The van der Waals surface area contributed by atoms with Crippen molar-refractivity contribution in [1.82, 2.24) is 9.80 Å². The lowest BCUT2D eigenvalue weighted by atomic mass is 9.88. The van der Waals surface area contributed by atoms with Gasteiger partial charge in [-0.3, -0.25) is 4.79 Å². The number of nitrogens with one attached hydrogen (secondary N) is 2. The zero-order valence-electron chi connectivity index (χ0n) is 27.5. The molecule has 2 aromatic carbocycles. The van der Waals surface area contributed by atoms with Crippen molar-refractivity contribution in [1.29, 1.82) is 5.41 Å². The van der Waals surface area contributed by atoms with E-state index in [1.165, 1.54) is 12.3 Å². The van der Waals surface area contributed by atoms with Crippen LogP contribution >= 0.6 is 11.6 Å². The largest absolute Gasteiger partial charge is 0.397 e. The Balaban J connectivity index is 0.000000320. The molecule has 0 aliphatic carbocycles. The number of nitrogen functional groups attached to an aromatic ring is 1. The minimum absolute atomic E-state index is 0.126. The van der Waals surface area contributed by atoms with Crippen LogP contribution in [0.3, 0.4) is 0 Å². The molecule has 1 unspecified atom stereocenters. The second-order valence-electron chi connectivity index (χ2n) is 13.0. The van der Waals surface area contributed by atoms with Gasteiger partial charge in [-0.15, -0.1) is 0 Å². The number of hydrogen-bond acceptors (Lipinski definition) is 8. The van der Waals surface area contributed by atoms with Crippen LogP contribution in [0.5, 0.6) is 0 Å².